The maximum absolute atomic E-state index is 13.0. The lowest BCUT2D eigenvalue weighted by Gasteiger charge is -2.29. The van der Waals surface area contributed by atoms with E-state index in [0.717, 1.165) is 28.6 Å². The predicted octanol–water partition coefficient (Wildman–Crippen LogP) is 5.43. The highest BCUT2D eigenvalue weighted by atomic mass is 35.5. The van der Waals surface area contributed by atoms with E-state index in [4.69, 9.17) is 16.6 Å². The molecule has 0 bridgehead atoms. The van der Waals surface area contributed by atoms with E-state index >= 15 is 0 Å². The van der Waals surface area contributed by atoms with Crippen molar-refractivity contribution in [3.05, 3.63) is 64.3 Å². The fourth-order valence-electron chi connectivity index (χ4n) is 4.26. The van der Waals surface area contributed by atoms with E-state index in [2.05, 4.69) is 17.3 Å². The molecule has 0 spiro atoms. The smallest absolute Gasteiger partial charge is 0.256 e. The molecule has 1 aliphatic heterocycles. The number of piperidine rings is 1. The van der Waals surface area contributed by atoms with Gasteiger partial charge in [-0.3, -0.25) is 4.79 Å². The molecule has 1 saturated heterocycles. The van der Waals surface area contributed by atoms with Gasteiger partial charge in [0.1, 0.15) is 5.82 Å². The number of aryl methyl sites for hydroxylation is 2. The first-order valence-corrected chi connectivity index (χ1v) is 14.3. The van der Waals surface area contributed by atoms with Crippen LogP contribution in [0.1, 0.15) is 41.4 Å². The summed E-state index contributed by atoms with van der Waals surface area (Å²) in [6, 6.07) is 11.6. The summed E-state index contributed by atoms with van der Waals surface area (Å²) >= 11 is 7.76. The minimum atomic E-state index is -3.58. The molecule has 1 amide bonds. The highest BCUT2D eigenvalue weighted by Crippen LogP contribution is 2.34. The molecule has 0 aliphatic carbocycles. The van der Waals surface area contributed by atoms with Crippen LogP contribution in [0.4, 0.5) is 5.82 Å². The van der Waals surface area contributed by atoms with Crippen molar-refractivity contribution >= 4 is 54.9 Å². The van der Waals surface area contributed by atoms with E-state index in [9.17, 15) is 13.2 Å². The normalized spacial score (nSPS) is 15.4. The van der Waals surface area contributed by atoms with Crippen LogP contribution >= 0.6 is 22.9 Å². The van der Waals surface area contributed by atoms with Crippen LogP contribution < -0.4 is 5.32 Å². The van der Waals surface area contributed by atoms with Crippen LogP contribution in [0, 0.1) is 19.8 Å². The third kappa shape index (κ3) is 4.66. The van der Waals surface area contributed by atoms with Crippen LogP contribution in [0.2, 0.25) is 5.02 Å². The SMILES string of the molecule is Cc1cc(NC(=O)c2ccc(S(=O)(=O)N3CCC(C)CC3)cc2)n(-c2nc3c(C)ccc(Cl)c3s2)n1. The Kier molecular flexibility index (Phi) is 6.63. The quantitative estimate of drug-likeness (QED) is 0.362. The summed E-state index contributed by atoms with van der Waals surface area (Å²) in [6.45, 7) is 6.97. The van der Waals surface area contributed by atoms with Gasteiger partial charge in [0, 0.05) is 24.7 Å². The van der Waals surface area contributed by atoms with Crippen molar-refractivity contribution < 1.29 is 13.2 Å². The van der Waals surface area contributed by atoms with Crippen LogP contribution in [0.5, 0.6) is 0 Å². The molecule has 8 nitrogen and oxygen atoms in total. The molecule has 2 aromatic heterocycles. The Hall–Kier alpha value is -2.79. The summed E-state index contributed by atoms with van der Waals surface area (Å²) in [4.78, 5) is 17.9. The summed E-state index contributed by atoms with van der Waals surface area (Å²) < 4.78 is 30.0. The third-order valence-corrected chi connectivity index (χ3v) is 9.84. The van der Waals surface area contributed by atoms with Gasteiger partial charge in [0.15, 0.2) is 0 Å². The molecule has 11 heteroatoms. The molecular formula is C25H26ClN5O3S2. The molecule has 4 aromatic rings. The Labute approximate surface area is 219 Å². The summed E-state index contributed by atoms with van der Waals surface area (Å²) in [6.07, 6.45) is 1.71. The molecule has 36 heavy (non-hydrogen) atoms. The zero-order valence-electron chi connectivity index (χ0n) is 20.2. The Morgan fingerprint density at radius 1 is 1.11 bits per heavy atom. The Morgan fingerprint density at radius 2 is 1.81 bits per heavy atom. The number of benzene rings is 2. The summed E-state index contributed by atoms with van der Waals surface area (Å²) in [5, 5.41) is 8.59. The topological polar surface area (TPSA) is 97.2 Å². The van der Waals surface area contributed by atoms with Crippen molar-refractivity contribution in [3.63, 3.8) is 0 Å². The van der Waals surface area contributed by atoms with Crippen molar-refractivity contribution in [2.75, 3.05) is 18.4 Å². The monoisotopic (exact) mass is 543 g/mol. The van der Waals surface area contributed by atoms with Crippen LogP contribution in [0.3, 0.4) is 0 Å². The average Bonchev–Trinajstić information content (AvgIpc) is 3.46. The molecule has 1 aliphatic rings. The van der Waals surface area contributed by atoms with Gasteiger partial charge in [0.05, 0.1) is 25.8 Å². The van der Waals surface area contributed by atoms with E-state index in [0.29, 0.717) is 46.2 Å². The fourth-order valence-corrected chi connectivity index (χ4v) is 7.01. The Balaban J connectivity index is 1.38. The zero-order valence-corrected chi connectivity index (χ0v) is 22.5. The number of thiazole rings is 1. The maximum atomic E-state index is 13.0. The number of halogens is 1. The second-order valence-electron chi connectivity index (χ2n) is 9.19. The van der Waals surface area contributed by atoms with Crippen molar-refractivity contribution in [3.8, 4) is 5.13 Å². The van der Waals surface area contributed by atoms with Gasteiger partial charge in [0.25, 0.3) is 5.91 Å². The number of fused-ring (bicyclic) bond motifs is 1. The van der Waals surface area contributed by atoms with E-state index in [-0.39, 0.29) is 10.8 Å². The number of rotatable bonds is 5. The average molecular weight is 544 g/mol. The summed E-state index contributed by atoms with van der Waals surface area (Å²) in [5.74, 6) is 0.620. The molecule has 1 N–H and O–H groups in total. The molecule has 2 aromatic carbocycles. The number of hydrogen-bond acceptors (Lipinski definition) is 6. The van der Waals surface area contributed by atoms with Crippen molar-refractivity contribution in [1.82, 2.24) is 19.1 Å². The van der Waals surface area contributed by atoms with Crippen LogP contribution in [-0.4, -0.2) is 46.5 Å². The molecule has 3 heterocycles. The number of aromatic nitrogens is 3. The molecule has 0 atom stereocenters. The van der Waals surface area contributed by atoms with Gasteiger partial charge in [-0.1, -0.05) is 35.9 Å². The first-order valence-electron chi connectivity index (χ1n) is 11.7. The van der Waals surface area contributed by atoms with Crippen molar-refractivity contribution in [1.29, 1.82) is 0 Å². The van der Waals surface area contributed by atoms with Gasteiger partial charge < -0.3 is 5.32 Å². The third-order valence-electron chi connectivity index (χ3n) is 6.44. The number of anilines is 1. The van der Waals surface area contributed by atoms with E-state index in [1.807, 2.05) is 26.0 Å². The van der Waals surface area contributed by atoms with E-state index in [1.165, 1.54) is 39.9 Å². The number of carbonyl (C=O) groups is 1. The zero-order chi connectivity index (χ0) is 25.6. The van der Waals surface area contributed by atoms with Gasteiger partial charge >= 0.3 is 0 Å². The van der Waals surface area contributed by atoms with Crippen LogP contribution in [0.25, 0.3) is 15.3 Å². The molecule has 0 saturated carbocycles. The number of nitrogens with zero attached hydrogens (tertiary/aromatic N) is 4. The highest BCUT2D eigenvalue weighted by molar-refractivity contribution is 7.89. The lowest BCUT2D eigenvalue weighted by molar-refractivity contribution is 0.102. The standard InChI is InChI=1S/C25H26ClN5O3S2/c1-15-10-12-30(13-11-15)36(33,34)19-7-5-18(6-8-19)24(32)27-21-14-17(3)29-31(21)25-28-22-16(2)4-9-20(26)23(22)35-25/h4-9,14-15H,10-13H2,1-3H3,(H,27,32). The molecular weight excluding hydrogens is 518 g/mol. The van der Waals surface area contributed by atoms with E-state index in [1.54, 1.807) is 10.7 Å². The molecule has 1 fully saturated rings. The second kappa shape index (κ2) is 9.59. The van der Waals surface area contributed by atoms with Crippen molar-refractivity contribution in [2.24, 2.45) is 5.92 Å². The lowest BCUT2D eigenvalue weighted by atomic mass is 10.0. The number of nitrogens with one attached hydrogen (secondary N) is 1. The largest absolute Gasteiger partial charge is 0.306 e. The van der Waals surface area contributed by atoms with Crippen LogP contribution in [0.15, 0.2) is 47.4 Å². The molecule has 0 unspecified atom stereocenters. The number of hydrogen-bond donors (Lipinski definition) is 1. The van der Waals surface area contributed by atoms with Gasteiger partial charge in [-0.2, -0.15) is 14.1 Å². The number of carbonyl (C=O) groups excluding carboxylic acids is 1. The fraction of sp³-hybridized carbons (Fsp3) is 0.320. The van der Waals surface area contributed by atoms with Gasteiger partial charge in [-0.15, -0.1) is 0 Å². The van der Waals surface area contributed by atoms with Crippen molar-refractivity contribution in [2.45, 2.75) is 38.5 Å². The first-order chi connectivity index (χ1) is 17.1. The Morgan fingerprint density at radius 3 is 2.47 bits per heavy atom. The summed E-state index contributed by atoms with van der Waals surface area (Å²) in [7, 11) is -3.58. The molecule has 188 valence electrons. The maximum Gasteiger partial charge on any atom is 0.256 e. The second-order valence-corrected chi connectivity index (χ2v) is 12.5. The lowest BCUT2D eigenvalue weighted by Crippen LogP contribution is -2.37. The predicted molar refractivity (Wildman–Crippen MR) is 143 cm³/mol. The van der Waals surface area contributed by atoms with Crippen LogP contribution in [-0.2, 0) is 10.0 Å². The molecule has 5 rings (SSSR count). The minimum Gasteiger partial charge on any atom is -0.306 e. The van der Waals surface area contributed by atoms with Gasteiger partial charge in [0.2, 0.25) is 15.2 Å². The first kappa shape index (κ1) is 24.9. The van der Waals surface area contributed by atoms with Gasteiger partial charge in [-0.05, 0) is 68.5 Å². The highest BCUT2D eigenvalue weighted by Gasteiger charge is 2.28. The number of sulfonamides is 1. The minimum absolute atomic E-state index is 0.191. The van der Waals surface area contributed by atoms with E-state index < -0.39 is 10.0 Å². The number of amides is 1. The Bertz CT molecular complexity index is 1510. The summed E-state index contributed by atoms with van der Waals surface area (Å²) in [5.41, 5.74) is 2.85. The molecule has 0 radical (unpaired) electrons. The van der Waals surface area contributed by atoms with Gasteiger partial charge in [-0.25, -0.2) is 13.4 Å².